The van der Waals surface area contributed by atoms with Gasteiger partial charge in [-0.15, -0.1) is 0 Å². The number of hydrogen-bond donors (Lipinski definition) is 0. The summed E-state index contributed by atoms with van der Waals surface area (Å²) in [5, 5.41) is 2.48. The van der Waals surface area contributed by atoms with Crippen molar-refractivity contribution in [1.82, 2.24) is 4.90 Å². The summed E-state index contributed by atoms with van der Waals surface area (Å²) in [7, 11) is 1.85. The summed E-state index contributed by atoms with van der Waals surface area (Å²) >= 11 is 0. The normalized spacial score (nSPS) is 18.3. The summed E-state index contributed by atoms with van der Waals surface area (Å²) in [6.45, 7) is 3.31. The van der Waals surface area contributed by atoms with Crippen molar-refractivity contribution in [3.63, 3.8) is 0 Å². The van der Waals surface area contributed by atoms with E-state index < -0.39 is 0 Å². The number of likely N-dealkylation sites (N-methyl/N-ethyl adjacent to an activating group) is 1. The van der Waals surface area contributed by atoms with E-state index in [-0.39, 0.29) is 7.12 Å². The zero-order valence-corrected chi connectivity index (χ0v) is 11.2. The van der Waals surface area contributed by atoms with Gasteiger partial charge in [0.15, 0.2) is 0 Å². The van der Waals surface area contributed by atoms with Crippen LogP contribution in [0.2, 0.25) is 0 Å². The molecule has 1 aliphatic heterocycles. The lowest BCUT2D eigenvalue weighted by atomic mass is 9.77. The number of benzene rings is 2. The third kappa shape index (κ3) is 2.97. The van der Waals surface area contributed by atoms with Crippen LogP contribution in [0.1, 0.15) is 0 Å². The summed E-state index contributed by atoms with van der Waals surface area (Å²) in [5.74, 6) is 0. The highest BCUT2D eigenvalue weighted by Gasteiger charge is 2.23. The summed E-state index contributed by atoms with van der Waals surface area (Å²) in [4.78, 5) is 2.22. The molecule has 4 heteroatoms. The molecule has 3 nitrogen and oxygen atoms in total. The fourth-order valence-corrected chi connectivity index (χ4v) is 2.34. The maximum Gasteiger partial charge on any atom is 0.493 e. The molecule has 0 radical (unpaired) electrons. The molecular weight excluding hydrogens is 237 g/mol. The molecule has 2 aromatic rings. The third-order valence-corrected chi connectivity index (χ3v) is 3.53. The molecule has 2 aromatic carbocycles. The van der Waals surface area contributed by atoms with Crippen LogP contribution >= 0.6 is 0 Å². The minimum Gasteiger partial charge on any atom is -0.406 e. The standard InChI is InChI=1S/C15H18BNO2/c1-17-8-10-18-16(19-11-9-17)15-7-6-13-4-2-3-5-14(13)12-15/h2-7,12H,8-11H2,1H3. The van der Waals surface area contributed by atoms with Gasteiger partial charge in [0.05, 0.1) is 0 Å². The highest BCUT2D eigenvalue weighted by molar-refractivity contribution is 6.61. The fraction of sp³-hybridized carbons (Fsp3) is 0.333. The molecule has 0 bridgehead atoms. The van der Waals surface area contributed by atoms with Crippen LogP contribution in [0.3, 0.4) is 0 Å². The first-order valence-corrected chi connectivity index (χ1v) is 6.73. The van der Waals surface area contributed by atoms with Crippen LogP contribution in [0.25, 0.3) is 10.8 Å². The molecule has 1 heterocycles. The molecule has 0 atom stereocenters. The fourth-order valence-electron chi connectivity index (χ4n) is 2.34. The molecule has 1 saturated heterocycles. The van der Waals surface area contributed by atoms with E-state index in [9.17, 15) is 0 Å². The molecule has 0 aliphatic carbocycles. The molecule has 19 heavy (non-hydrogen) atoms. The van der Waals surface area contributed by atoms with Crippen LogP contribution in [0, 0.1) is 0 Å². The van der Waals surface area contributed by atoms with Gasteiger partial charge in [0.1, 0.15) is 0 Å². The quantitative estimate of drug-likeness (QED) is 0.721. The Labute approximate surface area is 114 Å². The van der Waals surface area contributed by atoms with Gasteiger partial charge in [0, 0.05) is 26.3 Å². The van der Waals surface area contributed by atoms with Gasteiger partial charge in [-0.2, -0.15) is 0 Å². The summed E-state index contributed by atoms with van der Waals surface area (Å²) in [6.07, 6.45) is 0. The number of nitrogens with zero attached hydrogens (tertiary/aromatic N) is 1. The van der Waals surface area contributed by atoms with E-state index in [0.29, 0.717) is 13.2 Å². The van der Waals surface area contributed by atoms with Gasteiger partial charge in [0.25, 0.3) is 0 Å². The Bertz CT molecular complexity index is 551. The largest absolute Gasteiger partial charge is 0.493 e. The Morgan fingerprint density at radius 1 is 0.947 bits per heavy atom. The molecule has 0 N–H and O–H groups in total. The molecular formula is C15H18BNO2. The van der Waals surface area contributed by atoms with E-state index in [2.05, 4.69) is 54.4 Å². The maximum absolute atomic E-state index is 5.82. The topological polar surface area (TPSA) is 21.7 Å². The molecule has 1 aliphatic rings. The van der Waals surface area contributed by atoms with E-state index in [1.54, 1.807) is 0 Å². The minimum atomic E-state index is -0.238. The van der Waals surface area contributed by atoms with Crippen LogP contribution in [-0.4, -0.2) is 45.4 Å². The van der Waals surface area contributed by atoms with Crippen molar-refractivity contribution in [2.75, 3.05) is 33.4 Å². The van der Waals surface area contributed by atoms with Crippen LogP contribution < -0.4 is 5.46 Å². The average Bonchev–Trinajstić information content (AvgIpc) is 2.42. The summed E-state index contributed by atoms with van der Waals surface area (Å²) in [5.41, 5.74) is 1.10. The average molecular weight is 255 g/mol. The Morgan fingerprint density at radius 2 is 1.63 bits per heavy atom. The van der Waals surface area contributed by atoms with E-state index in [1.165, 1.54) is 10.8 Å². The Kier molecular flexibility index (Phi) is 3.83. The Balaban J connectivity index is 1.82. The van der Waals surface area contributed by atoms with Crippen molar-refractivity contribution >= 4 is 23.4 Å². The van der Waals surface area contributed by atoms with Crippen molar-refractivity contribution in [2.24, 2.45) is 0 Å². The highest BCUT2D eigenvalue weighted by atomic mass is 16.6. The third-order valence-electron chi connectivity index (χ3n) is 3.53. The van der Waals surface area contributed by atoms with Crippen LogP contribution in [0.4, 0.5) is 0 Å². The van der Waals surface area contributed by atoms with Gasteiger partial charge in [-0.1, -0.05) is 42.5 Å². The van der Waals surface area contributed by atoms with E-state index in [1.807, 2.05) is 0 Å². The Hall–Kier alpha value is -1.36. The molecule has 0 amide bonds. The molecule has 3 rings (SSSR count). The van der Waals surface area contributed by atoms with Crippen molar-refractivity contribution < 1.29 is 9.31 Å². The predicted octanol–water partition coefficient (Wildman–Crippen LogP) is 1.51. The predicted molar refractivity (Wildman–Crippen MR) is 78.7 cm³/mol. The van der Waals surface area contributed by atoms with Crippen molar-refractivity contribution in [2.45, 2.75) is 0 Å². The molecule has 0 spiro atoms. The van der Waals surface area contributed by atoms with Gasteiger partial charge < -0.3 is 14.2 Å². The molecule has 0 saturated carbocycles. The van der Waals surface area contributed by atoms with Gasteiger partial charge in [-0.25, -0.2) is 0 Å². The lowest BCUT2D eigenvalue weighted by molar-refractivity contribution is 0.132. The Morgan fingerprint density at radius 3 is 2.37 bits per heavy atom. The SMILES string of the molecule is CN1CCOB(c2ccc3ccccc3c2)OCC1. The van der Waals surface area contributed by atoms with Crippen molar-refractivity contribution in [3.05, 3.63) is 42.5 Å². The van der Waals surface area contributed by atoms with E-state index in [4.69, 9.17) is 9.31 Å². The monoisotopic (exact) mass is 255 g/mol. The zero-order valence-electron chi connectivity index (χ0n) is 11.2. The highest BCUT2D eigenvalue weighted by Crippen LogP contribution is 2.12. The number of rotatable bonds is 1. The molecule has 0 unspecified atom stereocenters. The minimum absolute atomic E-state index is 0.238. The summed E-state index contributed by atoms with van der Waals surface area (Å²) < 4.78 is 11.6. The van der Waals surface area contributed by atoms with Crippen LogP contribution in [-0.2, 0) is 9.31 Å². The second-order valence-electron chi connectivity index (χ2n) is 4.98. The number of fused-ring (bicyclic) bond motifs is 1. The van der Waals surface area contributed by atoms with E-state index in [0.717, 1.165) is 18.6 Å². The van der Waals surface area contributed by atoms with Crippen molar-refractivity contribution in [1.29, 1.82) is 0 Å². The zero-order chi connectivity index (χ0) is 13.1. The first kappa shape index (κ1) is 12.7. The molecule has 0 aromatic heterocycles. The molecule has 98 valence electrons. The smallest absolute Gasteiger partial charge is 0.406 e. The molecule has 1 fully saturated rings. The van der Waals surface area contributed by atoms with Gasteiger partial charge in [0.2, 0.25) is 0 Å². The van der Waals surface area contributed by atoms with Crippen LogP contribution in [0.5, 0.6) is 0 Å². The summed E-state index contributed by atoms with van der Waals surface area (Å²) in [6, 6.07) is 14.7. The van der Waals surface area contributed by atoms with Crippen LogP contribution in [0.15, 0.2) is 42.5 Å². The maximum atomic E-state index is 5.82. The first-order chi connectivity index (χ1) is 9.33. The van der Waals surface area contributed by atoms with Crippen molar-refractivity contribution in [3.8, 4) is 0 Å². The second kappa shape index (κ2) is 5.74. The van der Waals surface area contributed by atoms with Gasteiger partial charge in [-0.05, 0) is 23.3 Å². The lowest BCUT2D eigenvalue weighted by Crippen LogP contribution is -2.43. The first-order valence-electron chi connectivity index (χ1n) is 6.73. The van der Waals surface area contributed by atoms with Gasteiger partial charge >= 0.3 is 7.12 Å². The van der Waals surface area contributed by atoms with Gasteiger partial charge in [-0.3, -0.25) is 0 Å². The number of hydrogen-bond acceptors (Lipinski definition) is 3. The second-order valence-corrected chi connectivity index (χ2v) is 4.98. The lowest BCUT2D eigenvalue weighted by Gasteiger charge is -2.24. The van der Waals surface area contributed by atoms with E-state index >= 15 is 0 Å².